The van der Waals surface area contributed by atoms with Crippen LogP contribution in [0.15, 0.2) is 42.5 Å². The van der Waals surface area contributed by atoms with Gasteiger partial charge in [-0.05, 0) is 42.2 Å². The van der Waals surface area contributed by atoms with Crippen LogP contribution in [0.25, 0.3) is 0 Å². The Balaban J connectivity index is 2.16. The van der Waals surface area contributed by atoms with Gasteiger partial charge >= 0.3 is 0 Å². The lowest BCUT2D eigenvalue weighted by atomic mass is 10.1. The van der Waals surface area contributed by atoms with Crippen molar-refractivity contribution in [1.82, 2.24) is 10.2 Å². The Morgan fingerprint density at radius 3 is 2.44 bits per heavy atom. The maximum Gasteiger partial charge on any atom is 0.242 e. The Hall–Kier alpha value is -1.40. The Morgan fingerprint density at radius 1 is 1.03 bits per heavy atom. The topological polar surface area (TPSA) is 49.4 Å². The fourth-order valence-electron chi connectivity index (χ4n) is 3.21. The van der Waals surface area contributed by atoms with Crippen molar-refractivity contribution in [3.63, 3.8) is 0 Å². The van der Waals surface area contributed by atoms with Crippen molar-refractivity contribution < 1.29 is 9.59 Å². The van der Waals surface area contributed by atoms with Crippen molar-refractivity contribution >= 4 is 58.4 Å². The Kier molecular flexibility index (Phi) is 11.7. The molecule has 0 aromatic heterocycles. The molecule has 0 fully saturated rings. The molecule has 174 valence electrons. The zero-order chi connectivity index (χ0) is 23.5. The zero-order valence-electron chi connectivity index (χ0n) is 18.4. The number of hydrogen-bond acceptors (Lipinski definition) is 3. The van der Waals surface area contributed by atoms with Gasteiger partial charge in [-0.15, -0.1) is 11.8 Å². The van der Waals surface area contributed by atoms with Crippen LogP contribution in [0, 0.1) is 0 Å². The molecule has 8 heteroatoms. The summed E-state index contributed by atoms with van der Waals surface area (Å²) in [5.41, 5.74) is 1.73. The van der Waals surface area contributed by atoms with E-state index in [2.05, 4.69) is 12.2 Å². The van der Waals surface area contributed by atoms with Gasteiger partial charge in [0.2, 0.25) is 11.8 Å². The summed E-state index contributed by atoms with van der Waals surface area (Å²) in [7, 11) is 0. The van der Waals surface area contributed by atoms with Crippen molar-refractivity contribution in [2.75, 3.05) is 12.3 Å². The van der Waals surface area contributed by atoms with Crippen LogP contribution in [-0.2, 0) is 21.9 Å². The first-order valence-corrected chi connectivity index (χ1v) is 13.0. The van der Waals surface area contributed by atoms with Crippen LogP contribution in [0.3, 0.4) is 0 Å². The van der Waals surface area contributed by atoms with Gasteiger partial charge in [-0.3, -0.25) is 9.59 Å². The predicted octanol–water partition coefficient (Wildman–Crippen LogP) is 6.60. The molecule has 0 aliphatic heterocycles. The van der Waals surface area contributed by atoms with Gasteiger partial charge in [-0.2, -0.15) is 0 Å². The third-order valence-electron chi connectivity index (χ3n) is 5.01. The Labute approximate surface area is 210 Å². The number of halogens is 3. The first-order chi connectivity index (χ1) is 15.4. The molecule has 2 aromatic carbocycles. The molecule has 1 N–H and O–H groups in total. The summed E-state index contributed by atoms with van der Waals surface area (Å²) in [6, 6.07) is 12.2. The van der Waals surface area contributed by atoms with E-state index in [1.165, 1.54) is 11.8 Å². The van der Waals surface area contributed by atoms with E-state index in [0.29, 0.717) is 33.8 Å². The lowest BCUT2D eigenvalue weighted by Crippen LogP contribution is -2.49. The summed E-state index contributed by atoms with van der Waals surface area (Å²) in [6.45, 7) is 4.81. The van der Waals surface area contributed by atoms with E-state index in [1.807, 2.05) is 31.2 Å². The van der Waals surface area contributed by atoms with Crippen molar-refractivity contribution in [3.05, 3.63) is 68.7 Å². The highest BCUT2D eigenvalue weighted by Crippen LogP contribution is 2.25. The van der Waals surface area contributed by atoms with Gasteiger partial charge in [-0.25, -0.2) is 0 Å². The van der Waals surface area contributed by atoms with Gasteiger partial charge in [0.05, 0.1) is 5.75 Å². The minimum Gasteiger partial charge on any atom is -0.354 e. The summed E-state index contributed by atoms with van der Waals surface area (Å²) in [5.74, 6) is 0.580. The van der Waals surface area contributed by atoms with Crippen LogP contribution >= 0.6 is 46.6 Å². The van der Waals surface area contributed by atoms with E-state index >= 15 is 0 Å². The largest absolute Gasteiger partial charge is 0.354 e. The Morgan fingerprint density at radius 2 is 1.78 bits per heavy atom. The highest BCUT2D eigenvalue weighted by atomic mass is 35.5. The number of hydrogen-bond donors (Lipinski definition) is 1. The second-order valence-corrected chi connectivity index (χ2v) is 9.65. The second-order valence-electron chi connectivity index (χ2n) is 7.41. The molecule has 0 aliphatic carbocycles. The summed E-state index contributed by atoms with van der Waals surface area (Å²) >= 11 is 20.1. The van der Waals surface area contributed by atoms with Crippen LogP contribution in [0.5, 0.6) is 0 Å². The molecule has 4 nitrogen and oxygen atoms in total. The third-order valence-corrected chi connectivity index (χ3v) is 6.93. The maximum absolute atomic E-state index is 13.3. The lowest BCUT2D eigenvalue weighted by molar-refractivity contribution is -0.139. The summed E-state index contributed by atoms with van der Waals surface area (Å²) in [5, 5.41) is 4.63. The summed E-state index contributed by atoms with van der Waals surface area (Å²) in [6.07, 6.45) is 2.38. The molecule has 2 aromatic rings. The van der Waals surface area contributed by atoms with E-state index in [9.17, 15) is 9.59 Å². The summed E-state index contributed by atoms with van der Waals surface area (Å²) < 4.78 is 0. The normalized spacial score (nSPS) is 11.8. The first kappa shape index (κ1) is 26.8. The lowest BCUT2D eigenvalue weighted by Gasteiger charge is -2.31. The minimum atomic E-state index is -0.577. The molecule has 0 saturated carbocycles. The molecular weight excluding hydrogens is 487 g/mol. The predicted molar refractivity (Wildman–Crippen MR) is 137 cm³/mol. The molecule has 0 spiro atoms. The van der Waals surface area contributed by atoms with E-state index in [-0.39, 0.29) is 24.1 Å². The molecule has 0 bridgehead atoms. The average Bonchev–Trinajstić information content (AvgIpc) is 2.76. The van der Waals surface area contributed by atoms with Crippen molar-refractivity contribution in [2.24, 2.45) is 0 Å². The molecule has 2 amide bonds. The maximum atomic E-state index is 13.3. The fraction of sp³-hybridized carbons (Fsp3) is 0.417. The fourth-order valence-corrected chi connectivity index (χ4v) is 4.87. The number of carbonyl (C=O) groups is 2. The number of rotatable bonds is 12. The smallest absolute Gasteiger partial charge is 0.242 e. The first-order valence-electron chi connectivity index (χ1n) is 10.7. The monoisotopic (exact) mass is 514 g/mol. The summed E-state index contributed by atoms with van der Waals surface area (Å²) in [4.78, 5) is 27.8. The highest BCUT2D eigenvalue weighted by Gasteiger charge is 2.28. The second kappa shape index (κ2) is 14.0. The van der Waals surface area contributed by atoms with Gasteiger partial charge in [0.15, 0.2) is 0 Å². The van der Waals surface area contributed by atoms with Crippen molar-refractivity contribution in [3.8, 4) is 0 Å². The molecule has 0 heterocycles. The van der Waals surface area contributed by atoms with Gasteiger partial charge < -0.3 is 10.2 Å². The number of nitrogens with zero attached hydrogens (tertiary/aromatic N) is 1. The van der Waals surface area contributed by atoms with Crippen LogP contribution in [-0.4, -0.2) is 35.1 Å². The van der Waals surface area contributed by atoms with Crippen molar-refractivity contribution in [1.29, 1.82) is 0 Å². The molecular formula is C24H29Cl3N2O2S. The van der Waals surface area contributed by atoms with Crippen LogP contribution in [0.1, 0.15) is 44.2 Å². The number of nitrogens with one attached hydrogen (secondary N) is 1. The number of thioether (sulfide) groups is 1. The minimum absolute atomic E-state index is 0.120. The van der Waals surface area contributed by atoms with E-state index < -0.39 is 6.04 Å². The average molecular weight is 516 g/mol. The van der Waals surface area contributed by atoms with Gasteiger partial charge in [-0.1, -0.05) is 79.3 Å². The zero-order valence-corrected chi connectivity index (χ0v) is 21.5. The van der Waals surface area contributed by atoms with Crippen LogP contribution < -0.4 is 5.32 Å². The Bertz CT molecular complexity index is 911. The molecule has 1 unspecified atom stereocenters. The SMILES string of the molecule is CCCCNC(=O)C(CC)N(Cc1ccc(Cl)cc1Cl)C(=O)CSCc1ccccc1Cl. The van der Waals surface area contributed by atoms with Gasteiger partial charge in [0, 0.05) is 33.9 Å². The molecule has 2 rings (SSSR count). The molecule has 32 heavy (non-hydrogen) atoms. The molecule has 0 radical (unpaired) electrons. The quantitative estimate of drug-likeness (QED) is 0.324. The van der Waals surface area contributed by atoms with Gasteiger partial charge in [0.25, 0.3) is 0 Å². The van der Waals surface area contributed by atoms with Crippen molar-refractivity contribution in [2.45, 2.75) is 51.4 Å². The molecule has 0 aliphatic rings. The number of amides is 2. The van der Waals surface area contributed by atoms with Crippen LogP contribution in [0.4, 0.5) is 0 Å². The standard InChI is InChI=1S/C24H29Cl3N2O2S/c1-3-5-12-28-24(31)22(4-2)29(14-17-10-11-19(25)13-21(17)27)23(30)16-32-15-18-8-6-7-9-20(18)26/h6-11,13,22H,3-5,12,14-16H2,1-2H3,(H,28,31). The van der Waals surface area contributed by atoms with E-state index in [0.717, 1.165) is 24.0 Å². The number of carbonyl (C=O) groups excluding carboxylic acids is 2. The number of unbranched alkanes of at least 4 members (excludes halogenated alkanes) is 1. The third kappa shape index (κ3) is 8.18. The highest BCUT2D eigenvalue weighted by molar-refractivity contribution is 7.99. The van der Waals surface area contributed by atoms with Crippen LogP contribution in [0.2, 0.25) is 15.1 Å². The van der Waals surface area contributed by atoms with E-state index in [4.69, 9.17) is 34.8 Å². The molecule has 0 saturated heterocycles. The van der Waals surface area contributed by atoms with E-state index in [1.54, 1.807) is 23.1 Å². The molecule has 1 atom stereocenters. The van der Waals surface area contributed by atoms with Gasteiger partial charge in [0.1, 0.15) is 6.04 Å². The number of benzene rings is 2.